The van der Waals surface area contributed by atoms with Gasteiger partial charge in [-0.3, -0.25) is 0 Å². The molecule has 78 valence electrons. The Kier molecular flexibility index (Phi) is 2.47. The minimum absolute atomic E-state index is 0.0888. The van der Waals surface area contributed by atoms with Crippen LogP contribution in [0.15, 0.2) is 30.3 Å². The van der Waals surface area contributed by atoms with Crippen LogP contribution in [0.1, 0.15) is 5.56 Å². The minimum atomic E-state index is -0.0904. The SMILES string of the molecule is NCCc1ccc2cc(O)c(O)cc2c1. The molecule has 2 aromatic carbocycles. The molecule has 2 aromatic rings. The van der Waals surface area contributed by atoms with E-state index < -0.39 is 0 Å². The van der Waals surface area contributed by atoms with Crippen LogP contribution in [0.5, 0.6) is 11.5 Å². The van der Waals surface area contributed by atoms with Gasteiger partial charge in [0, 0.05) is 0 Å². The molecule has 15 heavy (non-hydrogen) atoms. The van der Waals surface area contributed by atoms with Gasteiger partial charge in [-0.15, -0.1) is 0 Å². The zero-order chi connectivity index (χ0) is 10.8. The summed E-state index contributed by atoms with van der Waals surface area (Å²) in [6.07, 6.45) is 0.817. The maximum atomic E-state index is 9.36. The topological polar surface area (TPSA) is 66.5 Å². The first-order valence-corrected chi connectivity index (χ1v) is 4.85. The molecule has 3 nitrogen and oxygen atoms in total. The molecule has 0 aliphatic rings. The number of hydrogen-bond donors (Lipinski definition) is 3. The van der Waals surface area contributed by atoms with Gasteiger partial charge in [-0.2, -0.15) is 0 Å². The Morgan fingerprint density at radius 3 is 2.27 bits per heavy atom. The Morgan fingerprint density at radius 1 is 0.933 bits per heavy atom. The van der Waals surface area contributed by atoms with E-state index in [0.717, 1.165) is 22.8 Å². The molecule has 0 aliphatic carbocycles. The first-order chi connectivity index (χ1) is 7.20. The maximum Gasteiger partial charge on any atom is 0.158 e. The van der Waals surface area contributed by atoms with Crippen LogP contribution < -0.4 is 5.73 Å². The largest absolute Gasteiger partial charge is 0.504 e. The standard InChI is InChI=1S/C12H13NO2/c13-4-3-8-1-2-9-6-11(14)12(15)7-10(9)5-8/h1-2,5-7,14-15H,3-4,13H2. The minimum Gasteiger partial charge on any atom is -0.504 e. The van der Waals surface area contributed by atoms with Crippen molar-refractivity contribution in [2.45, 2.75) is 6.42 Å². The van der Waals surface area contributed by atoms with Crippen molar-refractivity contribution in [3.8, 4) is 11.5 Å². The van der Waals surface area contributed by atoms with Gasteiger partial charge in [-0.05, 0) is 41.4 Å². The summed E-state index contributed by atoms with van der Waals surface area (Å²) in [5.74, 6) is -0.179. The molecule has 0 fully saturated rings. The van der Waals surface area contributed by atoms with Crippen LogP contribution in [0, 0.1) is 0 Å². The van der Waals surface area contributed by atoms with Gasteiger partial charge in [0.1, 0.15) is 0 Å². The predicted molar refractivity (Wildman–Crippen MR) is 60.0 cm³/mol. The number of rotatable bonds is 2. The van der Waals surface area contributed by atoms with Crippen LogP contribution in [0.3, 0.4) is 0 Å². The van der Waals surface area contributed by atoms with Crippen LogP contribution >= 0.6 is 0 Å². The lowest BCUT2D eigenvalue weighted by atomic mass is 10.0. The van der Waals surface area contributed by atoms with Gasteiger partial charge in [-0.25, -0.2) is 0 Å². The molecule has 0 heterocycles. The molecule has 0 atom stereocenters. The number of benzene rings is 2. The third kappa shape index (κ3) is 1.87. The van der Waals surface area contributed by atoms with E-state index in [9.17, 15) is 10.2 Å². The highest BCUT2D eigenvalue weighted by Crippen LogP contribution is 2.30. The lowest BCUT2D eigenvalue weighted by molar-refractivity contribution is 0.405. The van der Waals surface area contributed by atoms with Gasteiger partial charge in [-0.1, -0.05) is 18.2 Å². The lowest BCUT2D eigenvalue weighted by Crippen LogP contribution is -2.02. The average Bonchev–Trinajstić information content (AvgIpc) is 2.21. The van der Waals surface area contributed by atoms with E-state index in [1.165, 1.54) is 0 Å². The Bertz CT molecular complexity index is 494. The zero-order valence-corrected chi connectivity index (χ0v) is 8.27. The zero-order valence-electron chi connectivity index (χ0n) is 8.27. The third-order valence-electron chi connectivity index (χ3n) is 2.43. The van der Waals surface area contributed by atoms with Gasteiger partial charge in [0.05, 0.1) is 0 Å². The molecular weight excluding hydrogens is 190 g/mol. The van der Waals surface area contributed by atoms with Crippen LogP contribution in [0.4, 0.5) is 0 Å². The van der Waals surface area contributed by atoms with Crippen LogP contribution in [0.25, 0.3) is 10.8 Å². The van der Waals surface area contributed by atoms with E-state index in [1.807, 2.05) is 18.2 Å². The van der Waals surface area contributed by atoms with E-state index in [1.54, 1.807) is 12.1 Å². The van der Waals surface area contributed by atoms with E-state index in [4.69, 9.17) is 5.73 Å². The quantitative estimate of drug-likeness (QED) is 0.651. The first-order valence-electron chi connectivity index (χ1n) is 4.85. The summed E-state index contributed by atoms with van der Waals surface area (Å²) in [5, 5.41) is 20.5. The highest BCUT2D eigenvalue weighted by molar-refractivity contribution is 5.86. The highest BCUT2D eigenvalue weighted by atomic mass is 16.3. The second-order valence-electron chi connectivity index (χ2n) is 3.56. The fourth-order valence-corrected chi connectivity index (χ4v) is 1.65. The molecule has 0 saturated carbocycles. The van der Waals surface area contributed by atoms with Crippen molar-refractivity contribution in [1.82, 2.24) is 0 Å². The summed E-state index contributed by atoms with van der Waals surface area (Å²) in [5.41, 5.74) is 6.60. The van der Waals surface area contributed by atoms with Crippen molar-refractivity contribution in [3.63, 3.8) is 0 Å². The number of hydrogen-bond acceptors (Lipinski definition) is 3. The van der Waals surface area contributed by atoms with Gasteiger partial charge >= 0.3 is 0 Å². The molecule has 0 unspecified atom stereocenters. The molecule has 4 N–H and O–H groups in total. The molecule has 0 aromatic heterocycles. The summed E-state index contributed by atoms with van der Waals surface area (Å²) < 4.78 is 0. The monoisotopic (exact) mass is 203 g/mol. The van der Waals surface area contributed by atoms with Crippen molar-refractivity contribution < 1.29 is 10.2 Å². The van der Waals surface area contributed by atoms with Gasteiger partial charge in [0.15, 0.2) is 11.5 Å². The van der Waals surface area contributed by atoms with Gasteiger partial charge < -0.3 is 15.9 Å². The molecule has 0 bridgehead atoms. The third-order valence-corrected chi connectivity index (χ3v) is 2.43. The Hall–Kier alpha value is -1.74. The van der Waals surface area contributed by atoms with Crippen molar-refractivity contribution in [3.05, 3.63) is 35.9 Å². The average molecular weight is 203 g/mol. The molecule has 0 radical (unpaired) electrons. The van der Waals surface area contributed by atoms with Crippen LogP contribution in [0.2, 0.25) is 0 Å². The Balaban J connectivity index is 2.56. The number of fused-ring (bicyclic) bond motifs is 1. The van der Waals surface area contributed by atoms with Gasteiger partial charge in [0.25, 0.3) is 0 Å². The Labute approximate surface area is 87.8 Å². The maximum absolute atomic E-state index is 9.36. The van der Waals surface area contributed by atoms with Crippen molar-refractivity contribution in [2.75, 3.05) is 6.54 Å². The predicted octanol–water partition coefficient (Wildman–Crippen LogP) is 1.75. The second kappa shape index (κ2) is 3.79. The fourth-order valence-electron chi connectivity index (χ4n) is 1.65. The van der Waals surface area contributed by atoms with Crippen molar-refractivity contribution in [2.24, 2.45) is 5.73 Å². The smallest absolute Gasteiger partial charge is 0.158 e. The molecule has 3 heteroatoms. The number of nitrogens with two attached hydrogens (primary N) is 1. The van der Waals surface area contributed by atoms with E-state index in [2.05, 4.69) is 0 Å². The highest BCUT2D eigenvalue weighted by Gasteiger charge is 2.02. The summed E-state index contributed by atoms with van der Waals surface area (Å²) in [6.45, 7) is 0.607. The molecule has 0 amide bonds. The number of phenolic OH excluding ortho intramolecular Hbond substituents is 2. The second-order valence-corrected chi connectivity index (χ2v) is 3.56. The molecule has 0 saturated heterocycles. The van der Waals surface area contributed by atoms with E-state index >= 15 is 0 Å². The summed E-state index contributed by atoms with van der Waals surface area (Å²) in [7, 11) is 0. The number of aromatic hydroxyl groups is 2. The van der Waals surface area contributed by atoms with Gasteiger partial charge in [0.2, 0.25) is 0 Å². The van der Waals surface area contributed by atoms with E-state index in [-0.39, 0.29) is 11.5 Å². The number of phenols is 2. The van der Waals surface area contributed by atoms with Crippen LogP contribution in [-0.4, -0.2) is 16.8 Å². The van der Waals surface area contributed by atoms with E-state index in [0.29, 0.717) is 6.54 Å². The lowest BCUT2D eigenvalue weighted by Gasteiger charge is -2.04. The molecule has 0 spiro atoms. The van der Waals surface area contributed by atoms with Crippen molar-refractivity contribution >= 4 is 10.8 Å². The molecule has 0 aliphatic heterocycles. The summed E-state index contributed by atoms with van der Waals surface area (Å²) >= 11 is 0. The molecular formula is C12H13NO2. The van der Waals surface area contributed by atoms with Crippen LogP contribution in [-0.2, 0) is 6.42 Å². The first kappa shape index (κ1) is 9.80. The Morgan fingerprint density at radius 2 is 1.60 bits per heavy atom. The summed E-state index contributed by atoms with van der Waals surface area (Å²) in [4.78, 5) is 0. The fraction of sp³-hybridized carbons (Fsp3) is 0.167. The van der Waals surface area contributed by atoms with Crippen molar-refractivity contribution in [1.29, 1.82) is 0 Å². The summed E-state index contributed by atoms with van der Waals surface area (Å²) in [6, 6.07) is 8.98. The molecule has 2 rings (SSSR count). The normalized spacial score (nSPS) is 10.7.